The summed E-state index contributed by atoms with van der Waals surface area (Å²) in [6.45, 7) is 5.83. The molecule has 0 saturated heterocycles. The molecule has 1 heteroatoms. The highest BCUT2D eigenvalue weighted by Crippen LogP contribution is 1.99. The van der Waals surface area contributed by atoms with E-state index >= 15 is 0 Å². The van der Waals surface area contributed by atoms with Crippen LogP contribution >= 0.6 is 0 Å². The molecule has 9 heavy (non-hydrogen) atoms. The van der Waals surface area contributed by atoms with Gasteiger partial charge in [0.25, 0.3) is 0 Å². The molecule has 0 aliphatic rings. The van der Waals surface area contributed by atoms with Crippen LogP contribution in [-0.4, -0.2) is 5.78 Å². The van der Waals surface area contributed by atoms with Gasteiger partial charge in [-0.25, -0.2) is 0 Å². The highest BCUT2D eigenvalue weighted by Gasteiger charge is 1.87. The van der Waals surface area contributed by atoms with Crippen molar-refractivity contribution in [2.75, 3.05) is 0 Å². The fourth-order valence-electron chi connectivity index (χ4n) is 0.506. The second kappa shape index (κ2) is 4.30. The lowest BCUT2D eigenvalue weighted by molar-refractivity contribution is -0.112. The molecule has 0 spiro atoms. The summed E-state index contributed by atoms with van der Waals surface area (Å²) in [4.78, 5) is 10.3. The standard InChI is InChI=1S/C8H14O/c1-7(2)5-4-6-8(3)9/h4,6-7H,5H2,1-3H3. The SMILES string of the molecule is CC(=O)C=CCC(C)C. The summed E-state index contributed by atoms with van der Waals surface area (Å²) in [5.41, 5.74) is 0. The van der Waals surface area contributed by atoms with E-state index in [1.54, 1.807) is 13.0 Å². The Hall–Kier alpha value is -0.590. The van der Waals surface area contributed by atoms with Crippen molar-refractivity contribution >= 4 is 5.78 Å². The Labute approximate surface area is 56.8 Å². The molecule has 0 fully saturated rings. The lowest BCUT2D eigenvalue weighted by Crippen LogP contribution is -1.84. The van der Waals surface area contributed by atoms with Gasteiger partial charge >= 0.3 is 0 Å². The number of ketones is 1. The summed E-state index contributed by atoms with van der Waals surface area (Å²) in [5, 5.41) is 0. The lowest BCUT2D eigenvalue weighted by Gasteiger charge is -1.94. The van der Waals surface area contributed by atoms with Crippen LogP contribution in [0.1, 0.15) is 27.2 Å². The van der Waals surface area contributed by atoms with E-state index in [4.69, 9.17) is 0 Å². The molecular formula is C8H14O. The van der Waals surface area contributed by atoms with E-state index in [1.165, 1.54) is 0 Å². The maximum absolute atomic E-state index is 10.3. The molecule has 0 aliphatic carbocycles. The molecule has 0 amide bonds. The first kappa shape index (κ1) is 8.41. The Morgan fingerprint density at radius 3 is 2.44 bits per heavy atom. The molecule has 0 unspecified atom stereocenters. The molecule has 1 nitrogen and oxygen atoms in total. The largest absolute Gasteiger partial charge is 0.295 e. The summed E-state index contributed by atoms with van der Waals surface area (Å²) < 4.78 is 0. The second-order valence-electron chi connectivity index (χ2n) is 2.64. The number of hydrogen-bond donors (Lipinski definition) is 0. The lowest BCUT2D eigenvalue weighted by atomic mass is 10.1. The van der Waals surface area contributed by atoms with Crippen molar-refractivity contribution in [2.45, 2.75) is 27.2 Å². The average Bonchev–Trinajstić information content (AvgIpc) is 1.63. The average molecular weight is 126 g/mol. The molecule has 0 aliphatic heterocycles. The van der Waals surface area contributed by atoms with Gasteiger partial charge in [0.05, 0.1) is 0 Å². The van der Waals surface area contributed by atoms with Crippen LogP contribution < -0.4 is 0 Å². The first-order valence-corrected chi connectivity index (χ1v) is 3.30. The normalized spacial score (nSPS) is 11.1. The van der Waals surface area contributed by atoms with Crippen molar-refractivity contribution in [1.29, 1.82) is 0 Å². The van der Waals surface area contributed by atoms with Gasteiger partial charge in [0.2, 0.25) is 0 Å². The molecular weight excluding hydrogens is 112 g/mol. The Morgan fingerprint density at radius 2 is 2.11 bits per heavy atom. The molecule has 0 N–H and O–H groups in total. The van der Waals surface area contributed by atoms with Crippen LogP contribution in [0.3, 0.4) is 0 Å². The van der Waals surface area contributed by atoms with Crippen LogP contribution in [-0.2, 0) is 4.79 Å². The van der Waals surface area contributed by atoms with Crippen molar-refractivity contribution in [3.8, 4) is 0 Å². The molecule has 0 aromatic rings. The number of hydrogen-bond acceptors (Lipinski definition) is 1. The van der Waals surface area contributed by atoms with Gasteiger partial charge in [-0.2, -0.15) is 0 Å². The molecule has 0 heterocycles. The van der Waals surface area contributed by atoms with Crippen molar-refractivity contribution in [3.05, 3.63) is 12.2 Å². The minimum absolute atomic E-state index is 0.135. The summed E-state index contributed by atoms with van der Waals surface area (Å²) in [7, 11) is 0. The van der Waals surface area contributed by atoms with Crippen LogP contribution in [0.5, 0.6) is 0 Å². The van der Waals surface area contributed by atoms with E-state index in [9.17, 15) is 4.79 Å². The van der Waals surface area contributed by atoms with Gasteiger partial charge in [-0.05, 0) is 25.3 Å². The van der Waals surface area contributed by atoms with Crippen LogP contribution in [0.2, 0.25) is 0 Å². The van der Waals surface area contributed by atoms with Crippen molar-refractivity contribution < 1.29 is 4.79 Å². The third-order valence-corrected chi connectivity index (χ3v) is 0.960. The Bertz CT molecular complexity index is 112. The predicted molar refractivity (Wildman–Crippen MR) is 39.3 cm³/mol. The van der Waals surface area contributed by atoms with Gasteiger partial charge in [-0.1, -0.05) is 19.9 Å². The summed E-state index contributed by atoms with van der Waals surface area (Å²) in [5.74, 6) is 0.788. The van der Waals surface area contributed by atoms with Gasteiger partial charge in [-0.15, -0.1) is 0 Å². The van der Waals surface area contributed by atoms with Crippen molar-refractivity contribution in [3.63, 3.8) is 0 Å². The number of rotatable bonds is 3. The zero-order chi connectivity index (χ0) is 7.28. The van der Waals surface area contributed by atoms with Gasteiger partial charge in [0, 0.05) is 0 Å². The highest BCUT2D eigenvalue weighted by molar-refractivity contribution is 5.87. The van der Waals surface area contributed by atoms with E-state index in [-0.39, 0.29) is 5.78 Å². The van der Waals surface area contributed by atoms with E-state index in [2.05, 4.69) is 13.8 Å². The maximum Gasteiger partial charge on any atom is 0.152 e. The van der Waals surface area contributed by atoms with Crippen LogP contribution in [0.15, 0.2) is 12.2 Å². The Morgan fingerprint density at radius 1 is 1.56 bits per heavy atom. The smallest absolute Gasteiger partial charge is 0.152 e. The third kappa shape index (κ3) is 7.41. The van der Waals surface area contributed by atoms with Crippen LogP contribution in [0.25, 0.3) is 0 Å². The van der Waals surface area contributed by atoms with E-state index in [0.29, 0.717) is 5.92 Å². The second-order valence-corrected chi connectivity index (χ2v) is 2.64. The minimum Gasteiger partial charge on any atom is -0.295 e. The molecule has 0 radical (unpaired) electrons. The van der Waals surface area contributed by atoms with Gasteiger partial charge in [-0.3, -0.25) is 4.79 Å². The third-order valence-electron chi connectivity index (χ3n) is 0.960. The Balaban J connectivity index is 3.36. The number of carbonyl (C=O) groups is 1. The van der Waals surface area contributed by atoms with Gasteiger partial charge < -0.3 is 0 Å². The molecule has 0 aromatic carbocycles. The molecule has 52 valence electrons. The zero-order valence-electron chi connectivity index (χ0n) is 6.35. The van der Waals surface area contributed by atoms with Crippen LogP contribution in [0.4, 0.5) is 0 Å². The molecule has 0 aromatic heterocycles. The monoisotopic (exact) mass is 126 g/mol. The van der Waals surface area contributed by atoms with Crippen molar-refractivity contribution in [2.24, 2.45) is 5.92 Å². The summed E-state index contributed by atoms with van der Waals surface area (Å²) in [6.07, 6.45) is 4.55. The number of carbonyl (C=O) groups excluding carboxylic acids is 1. The summed E-state index contributed by atoms with van der Waals surface area (Å²) >= 11 is 0. The first-order chi connectivity index (χ1) is 4.13. The zero-order valence-corrected chi connectivity index (χ0v) is 6.35. The van der Waals surface area contributed by atoms with E-state index < -0.39 is 0 Å². The number of allylic oxidation sites excluding steroid dienone is 2. The summed E-state index contributed by atoms with van der Waals surface area (Å²) in [6, 6.07) is 0. The van der Waals surface area contributed by atoms with E-state index in [0.717, 1.165) is 6.42 Å². The van der Waals surface area contributed by atoms with Gasteiger partial charge in [0.15, 0.2) is 5.78 Å². The van der Waals surface area contributed by atoms with Crippen molar-refractivity contribution in [1.82, 2.24) is 0 Å². The topological polar surface area (TPSA) is 17.1 Å². The predicted octanol–water partition coefficient (Wildman–Crippen LogP) is 2.18. The fraction of sp³-hybridized carbons (Fsp3) is 0.625. The minimum atomic E-state index is 0.135. The fourth-order valence-corrected chi connectivity index (χ4v) is 0.506. The molecule has 0 atom stereocenters. The maximum atomic E-state index is 10.3. The molecule has 0 rings (SSSR count). The van der Waals surface area contributed by atoms with E-state index in [1.807, 2.05) is 6.08 Å². The van der Waals surface area contributed by atoms with Gasteiger partial charge in [0.1, 0.15) is 0 Å². The molecule has 0 bridgehead atoms. The molecule has 0 saturated carbocycles. The highest BCUT2D eigenvalue weighted by atomic mass is 16.1. The quantitative estimate of drug-likeness (QED) is 0.530. The first-order valence-electron chi connectivity index (χ1n) is 3.30. The van der Waals surface area contributed by atoms with Crippen LogP contribution in [0, 0.1) is 5.92 Å². The Kier molecular flexibility index (Phi) is 4.02.